The maximum Gasteiger partial charge on any atom is 0.221 e. The van der Waals surface area contributed by atoms with Gasteiger partial charge in [0, 0.05) is 23.4 Å². The van der Waals surface area contributed by atoms with Crippen molar-refractivity contribution in [2.24, 2.45) is 0 Å². The number of amides is 1. The summed E-state index contributed by atoms with van der Waals surface area (Å²) in [6, 6.07) is 21.8. The van der Waals surface area contributed by atoms with Crippen LogP contribution in [0.15, 0.2) is 78.9 Å². The lowest BCUT2D eigenvalue weighted by molar-refractivity contribution is -0.121. The third kappa shape index (κ3) is 5.27. The highest BCUT2D eigenvalue weighted by Crippen LogP contribution is 2.24. The molecule has 1 amide bonds. The van der Waals surface area contributed by atoms with E-state index in [-0.39, 0.29) is 30.6 Å². The monoisotopic (exact) mass is 395 g/mol. The molecule has 3 aromatic carbocycles. The first-order valence-corrected chi connectivity index (χ1v) is 9.29. The van der Waals surface area contributed by atoms with Crippen molar-refractivity contribution in [3.63, 3.8) is 0 Å². The number of hydrogen-bond donors (Lipinski definition) is 1. The third-order valence-electron chi connectivity index (χ3n) is 4.39. The van der Waals surface area contributed by atoms with Crippen LogP contribution in [0, 0.1) is 5.82 Å². The summed E-state index contributed by atoms with van der Waals surface area (Å²) in [5, 5.41) is 3.61. The second kappa shape index (κ2) is 9.29. The van der Waals surface area contributed by atoms with Gasteiger partial charge in [-0.15, -0.1) is 0 Å². The highest BCUT2D eigenvalue weighted by atomic mass is 35.5. The summed E-state index contributed by atoms with van der Waals surface area (Å²) >= 11 is 5.97. The zero-order chi connectivity index (χ0) is 19.9. The molecule has 0 radical (unpaired) electrons. The van der Waals surface area contributed by atoms with Gasteiger partial charge in [0.2, 0.25) is 5.91 Å². The number of ketones is 1. The highest BCUT2D eigenvalue weighted by Gasteiger charge is 2.18. The van der Waals surface area contributed by atoms with Crippen LogP contribution in [0.2, 0.25) is 5.02 Å². The molecule has 0 saturated carbocycles. The molecule has 0 aromatic heterocycles. The van der Waals surface area contributed by atoms with Gasteiger partial charge in [-0.1, -0.05) is 54.1 Å². The number of benzene rings is 3. The van der Waals surface area contributed by atoms with Gasteiger partial charge < -0.3 is 5.32 Å². The molecular weight excluding hydrogens is 377 g/mol. The molecular formula is C23H19ClFNO2. The Labute approximate surface area is 168 Å². The van der Waals surface area contributed by atoms with E-state index in [1.807, 2.05) is 42.5 Å². The van der Waals surface area contributed by atoms with Crippen molar-refractivity contribution in [1.29, 1.82) is 0 Å². The van der Waals surface area contributed by atoms with Crippen LogP contribution in [0.5, 0.6) is 0 Å². The van der Waals surface area contributed by atoms with E-state index < -0.39 is 5.82 Å². The van der Waals surface area contributed by atoms with Crippen LogP contribution in [-0.2, 0) is 4.79 Å². The third-order valence-corrected chi connectivity index (χ3v) is 4.64. The van der Waals surface area contributed by atoms with E-state index in [1.165, 1.54) is 24.3 Å². The molecule has 1 N–H and O–H groups in total. The number of rotatable bonds is 7. The van der Waals surface area contributed by atoms with Gasteiger partial charge in [-0.25, -0.2) is 4.39 Å². The molecule has 3 rings (SSSR count). The maximum atomic E-state index is 13.0. The summed E-state index contributed by atoms with van der Waals surface area (Å²) in [4.78, 5) is 24.7. The first-order valence-electron chi connectivity index (χ1n) is 8.91. The molecule has 0 aliphatic heterocycles. The molecule has 0 saturated heterocycles. The van der Waals surface area contributed by atoms with Gasteiger partial charge in [-0.2, -0.15) is 0 Å². The lowest BCUT2D eigenvalue weighted by Gasteiger charge is -2.20. The SMILES string of the molecule is O=C(CCC(=O)c1ccc(F)cc1)NC(c1ccccc1)c1ccc(Cl)cc1. The van der Waals surface area contributed by atoms with Crippen molar-refractivity contribution < 1.29 is 14.0 Å². The van der Waals surface area contributed by atoms with Crippen LogP contribution in [0.1, 0.15) is 40.4 Å². The number of halogens is 2. The molecule has 0 aliphatic carbocycles. The maximum absolute atomic E-state index is 13.0. The van der Waals surface area contributed by atoms with Crippen molar-refractivity contribution in [2.75, 3.05) is 0 Å². The Bertz CT molecular complexity index is 941. The molecule has 0 fully saturated rings. The minimum Gasteiger partial charge on any atom is -0.345 e. The van der Waals surface area contributed by atoms with Gasteiger partial charge in [-0.3, -0.25) is 9.59 Å². The van der Waals surface area contributed by atoms with E-state index in [4.69, 9.17) is 11.6 Å². The lowest BCUT2D eigenvalue weighted by Crippen LogP contribution is -2.29. The van der Waals surface area contributed by atoms with Gasteiger partial charge in [-0.05, 0) is 47.5 Å². The lowest BCUT2D eigenvalue weighted by atomic mass is 9.98. The molecule has 0 bridgehead atoms. The number of hydrogen-bond acceptors (Lipinski definition) is 2. The Morgan fingerprint density at radius 2 is 1.43 bits per heavy atom. The standard InChI is InChI=1S/C23H19ClFNO2/c24-19-10-6-18(7-11-19)23(17-4-2-1-3-5-17)26-22(28)15-14-21(27)16-8-12-20(25)13-9-16/h1-13,23H,14-15H2,(H,26,28). The van der Waals surface area contributed by atoms with Crippen molar-refractivity contribution in [3.05, 3.63) is 106 Å². The minimum atomic E-state index is -0.400. The average Bonchev–Trinajstić information content (AvgIpc) is 2.72. The fraction of sp³-hybridized carbons (Fsp3) is 0.130. The van der Waals surface area contributed by atoms with Gasteiger partial charge in [0.25, 0.3) is 0 Å². The van der Waals surface area contributed by atoms with Crippen molar-refractivity contribution in [1.82, 2.24) is 5.32 Å². The number of Topliss-reactive ketones (excluding diaryl/α,β-unsaturated/α-hetero) is 1. The summed E-state index contributed by atoms with van der Waals surface area (Å²) in [6.45, 7) is 0. The Morgan fingerprint density at radius 3 is 2.07 bits per heavy atom. The summed E-state index contributed by atoms with van der Waals surface area (Å²) in [6.07, 6.45) is 0.104. The molecule has 0 spiro atoms. The van der Waals surface area contributed by atoms with Crippen LogP contribution < -0.4 is 5.32 Å². The van der Waals surface area contributed by atoms with Crippen LogP contribution in [0.3, 0.4) is 0 Å². The molecule has 0 aliphatic rings. The highest BCUT2D eigenvalue weighted by molar-refractivity contribution is 6.30. The topological polar surface area (TPSA) is 46.2 Å². The van der Waals surface area contributed by atoms with Crippen molar-refractivity contribution in [2.45, 2.75) is 18.9 Å². The summed E-state index contributed by atoms with van der Waals surface area (Å²) < 4.78 is 13.0. The summed E-state index contributed by atoms with van der Waals surface area (Å²) in [5.41, 5.74) is 2.23. The first-order chi connectivity index (χ1) is 13.5. The van der Waals surface area contributed by atoms with Gasteiger partial charge >= 0.3 is 0 Å². The Hall–Kier alpha value is -2.98. The summed E-state index contributed by atoms with van der Waals surface area (Å²) in [7, 11) is 0. The van der Waals surface area contributed by atoms with E-state index in [0.29, 0.717) is 10.6 Å². The van der Waals surface area contributed by atoms with E-state index in [1.54, 1.807) is 12.1 Å². The van der Waals surface area contributed by atoms with Crippen molar-refractivity contribution >= 4 is 23.3 Å². The largest absolute Gasteiger partial charge is 0.345 e. The first kappa shape index (κ1) is 19.8. The molecule has 5 heteroatoms. The fourth-order valence-corrected chi connectivity index (χ4v) is 3.03. The van der Waals surface area contributed by atoms with E-state index in [9.17, 15) is 14.0 Å². The van der Waals surface area contributed by atoms with Crippen LogP contribution >= 0.6 is 11.6 Å². The molecule has 3 nitrogen and oxygen atoms in total. The van der Waals surface area contributed by atoms with Gasteiger partial charge in [0.15, 0.2) is 5.78 Å². The molecule has 28 heavy (non-hydrogen) atoms. The smallest absolute Gasteiger partial charge is 0.221 e. The second-order valence-electron chi connectivity index (χ2n) is 6.39. The molecule has 1 unspecified atom stereocenters. The molecule has 0 heterocycles. The average molecular weight is 396 g/mol. The quantitative estimate of drug-likeness (QED) is 0.548. The summed E-state index contributed by atoms with van der Waals surface area (Å²) in [5.74, 6) is -0.833. The molecule has 3 aromatic rings. The molecule has 142 valence electrons. The van der Waals surface area contributed by atoms with Crippen LogP contribution in [0.4, 0.5) is 4.39 Å². The number of carbonyl (C=O) groups excluding carboxylic acids is 2. The molecule has 1 atom stereocenters. The normalized spacial score (nSPS) is 11.6. The predicted octanol–water partition coefficient (Wildman–Crippen LogP) is 5.35. The van der Waals surface area contributed by atoms with E-state index in [0.717, 1.165) is 11.1 Å². The zero-order valence-corrected chi connectivity index (χ0v) is 15.8. The van der Waals surface area contributed by atoms with E-state index in [2.05, 4.69) is 5.32 Å². The Balaban J connectivity index is 1.68. The fourth-order valence-electron chi connectivity index (χ4n) is 2.90. The Morgan fingerprint density at radius 1 is 0.821 bits per heavy atom. The Kier molecular flexibility index (Phi) is 6.56. The van der Waals surface area contributed by atoms with Crippen LogP contribution in [-0.4, -0.2) is 11.7 Å². The van der Waals surface area contributed by atoms with Crippen LogP contribution in [0.25, 0.3) is 0 Å². The second-order valence-corrected chi connectivity index (χ2v) is 6.83. The van der Waals surface area contributed by atoms with Gasteiger partial charge in [0.05, 0.1) is 6.04 Å². The number of carbonyl (C=O) groups is 2. The zero-order valence-electron chi connectivity index (χ0n) is 15.1. The number of nitrogens with one attached hydrogen (secondary N) is 1. The van der Waals surface area contributed by atoms with Gasteiger partial charge in [0.1, 0.15) is 5.82 Å². The van der Waals surface area contributed by atoms with Crippen molar-refractivity contribution in [3.8, 4) is 0 Å². The van der Waals surface area contributed by atoms with E-state index >= 15 is 0 Å². The minimum absolute atomic E-state index is 0.0487. The predicted molar refractivity (Wildman–Crippen MR) is 108 cm³/mol.